The first-order valence-corrected chi connectivity index (χ1v) is 4.46. The average molecular weight is 231 g/mol. The third-order valence-corrected chi connectivity index (χ3v) is 2.06. The molecule has 16 heavy (non-hydrogen) atoms. The Hall–Kier alpha value is -1.69. The third-order valence-electron chi connectivity index (χ3n) is 2.06. The molecule has 4 nitrogen and oxygen atoms in total. The van der Waals surface area contributed by atoms with E-state index in [9.17, 15) is 13.6 Å². The van der Waals surface area contributed by atoms with Crippen LogP contribution < -0.4 is 10.5 Å². The average Bonchev–Trinajstić information content (AvgIpc) is 2.19. The van der Waals surface area contributed by atoms with Gasteiger partial charge < -0.3 is 15.6 Å². The van der Waals surface area contributed by atoms with Crippen LogP contribution in [-0.4, -0.2) is 18.2 Å². The number of halogens is 2. The number of carbonyl (C=O) groups is 1. The zero-order valence-corrected chi connectivity index (χ0v) is 8.54. The van der Waals surface area contributed by atoms with Gasteiger partial charge in [0.2, 0.25) is 0 Å². The summed E-state index contributed by atoms with van der Waals surface area (Å²) in [6.45, 7) is 0. The fourth-order valence-electron chi connectivity index (χ4n) is 1.39. The van der Waals surface area contributed by atoms with Crippen LogP contribution >= 0.6 is 0 Å². The van der Waals surface area contributed by atoms with E-state index in [4.69, 9.17) is 10.8 Å². The summed E-state index contributed by atoms with van der Waals surface area (Å²) in [7, 11) is 1.16. The van der Waals surface area contributed by atoms with Crippen molar-refractivity contribution in [2.24, 2.45) is 5.73 Å². The van der Waals surface area contributed by atoms with E-state index in [2.05, 4.69) is 4.74 Å². The van der Waals surface area contributed by atoms with Gasteiger partial charge in [-0.1, -0.05) is 0 Å². The second-order valence-electron chi connectivity index (χ2n) is 3.18. The van der Waals surface area contributed by atoms with E-state index < -0.39 is 30.1 Å². The second-order valence-corrected chi connectivity index (χ2v) is 3.18. The van der Waals surface area contributed by atoms with Gasteiger partial charge in [0.1, 0.15) is 5.82 Å². The summed E-state index contributed by atoms with van der Waals surface area (Å²) in [5.74, 6) is -3.11. The van der Waals surface area contributed by atoms with Crippen LogP contribution in [0.2, 0.25) is 0 Å². The number of carboxylic acid groups (broad SMARTS) is 1. The van der Waals surface area contributed by atoms with Gasteiger partial charge in [-0.3, -0.25) is 4.79 Å². The molecule has 0 aliphatic heterocycles. The van der Waals surface area contributed by atoms with Crippen molar-refractivity contribution < 1.29 is 23.4 Å². The standard InChI is InChI=1S/C10H11F2NO3/c1-16-10-6(12)3-2-5(11)9(10)7(13)4-8(14)15/h2-3,7H,4,13H2,1H3,(H,14,15). The largest absolute Gasteiger partial charge is 0.493 e. The van der Waals surface area contributed by atoms with Crippen molar-refractivity contribution in [2.75, 3.05) is 7.11 Å². The molecule has 0 saturated heterocycles. The molecule has 3 N–H and O–H groups in total. The summed E-state index contributed by atoms with van der Waals surface area (Å²) < 4.78 is 31.3. The van der Waals surface area contributed by atoms with E-state index in [0.717, 1.165) is 19.2 Å². The molecule has 0 radical (unpaired) electrons. The van der Waals surface area contributed by atoms with E-state index in [1.807, 2.05) is 0 Å². The molecule has 1 aromatic carbocycles. The van der Waals surface area contributed by atoms with Gasteiger partial charge in [0, 0.05) is 6.04 Å². The summed E-state index contributed by atoms with van der Waals surface area (Å²) >= 11 is 0. The Morgan fingerprint density at radius 3 is 2.56 bits per heavy atom. The lowest BCUT2D eigenvalue weighted by molar-refractivity contribution is -0.137. The Morgan fingerprint density at radius 2 is 2.06 bits per heavy atom. The molecular weight excluding hydrogens is 220 g/mol. The SMILES string of the molecule is COc1c(F)ccc(F)c1C(N)CC(=O)O. The highest BCUT2D eigenvalue weighted by atomic mass is 19.1. The molecule has 1 rings (SSSR count). The minimum Gasteiger partial charge on any atom is -0.493 e. The fraction of sp³-hybridized carbons (Fsp3) is 0.300. The van der Waals surface area contributed by atoms with E-state index >= 15 is 0 Å². The molecule has 0 spiro atoms. The maximum atomic E-state index is 13.4. The maximum absolute atomic E-state index is 13.4. The van der Waals surface area contributed by atoms with Crippen LogP contribution in [-0.2, 0) is 4.79 Å². The van der Waals surface area contributed by atoms with Crippen molar-refractivity contribution >= 4 is 5.97 Å². The number of methoxy groups -OCH3 is 1. The molecule has 0 aliphatic carbocycles. The minimum atomic E-state index is -1.20. The molecule has 0 saturated carbocycles. The molecule has 1 aromatic rings. The minimum absolute atomic E-state index is 0.259. The van der Waals surface area contributed by atoms with Crippen LogP contribution in [0.1, 0.15) is 18.0 Å². The molecule has 0 aliphatic rings. The fourth-order valence-corrected chi connectivity index (χ4v) is 1.39. The summed E-state index contributed by atoms with van der Waals surface area (Å²) in [6, 6.07) is 0.628. The zero-order chi connectivity index (χ0) is 12.3. The molecule has 1 unspecified atom stereocenters. The number of aliphatic carboxylic acids is 1. The van der Waals surface area contributed by atoms with Crippen molar-refractivity contribution in [3.8, 4) is 5.75 Å². The maximum Gasteiger partial charge on any atom is 0.305 e. The summed E-state index contributed by atoms with van der Waals surface area (Å²) in [6.07, 6.45) is -0.503. The Bertz CT molecular complexity index is 409. The Kier molecular flexibility index (Phi) is 3.78. The number of benzene rings is 1. The first-order valence-electron chi connectivity index (χ1n) is 4.46. The summed E-state index contributed by atoms with van der Waals surface area (Å²) in [5, 5.41) is 8.53. The molecule has 0 aromatic heterocycles. The number of hydrogen-bond donors (Lipinski definition) is 2. The molecule has 0 fully saturated rings. The van der Waals surface area contributed by atoms with Crippen LogP contribution in [0.5, 0.6) is 5.75 Å². The zero-order valence-electron chi connectivity index (χ0n) is 8.54. The van der Waals surface area contributed by atoms with Crippen molar-refractivity contribution in [1.29, 1.82) is 0 Å². The Balaban J connectivity index is 3.19. The molecule has 0 heterocycles. The highest BCUT2D eigenvalue weighted by Crippen LogP contribution is 2.30. The third kappa shape index (κ3) is 2.46. The number of rotatable bonds is 4. The molecule has 6 heteroatoms. The van der Waals surface area contributed by atoms with E-state index in [0.29, 0.717) is 0 Å². The number of ether oxygens (including phenoxy) is 1. The molecular formula is C10H11F2NO3. The van der Waals surface area contributed by atoms with E-state index in [-0.39, 0.29) is 11.3 Å². The topological polar surface area (TPSA) is 72.5 Å². The first-order chi connectivity index (χ1) is 7.47. The van der Waals surface area contributed by atoms with Gasteiger partial charge in [0.25, 0.3) is 0 Å². The van der Waals surface area contributed by atoms with Crippen molar-refractivity contribution in [3.63, 3.8) is 0 Å². The normalized spacial score (nSPS) is 12.2. The van der Waals surface area contributed by atoms with Gasteiger partial charge in [-0.05, 0) is 12.1 Å². The van der Waals surface area contributed by atoms with Crippen molar-refractivity contribution in [3.05, 3.63) is 29.3 Å². The smallest absolute Gasteiger partial charge is 0.305 e. The van der Waals surface area contributed by atoms with Gasteiger partial charge in [0.05, 0.1) is 19.1 Å². The van der Waals surface area contributed by atoms with Gasteiger partial charge in [-0.15, -0.1) is 0 Å². The van der Waals surface area contributed by atoms with Crippen LogP contribution in [0.4, 0.5) is 8.78 Å². The van der Waals surface area contributed by atoms with Crippen LogP contribution in [0, 0.1) is 11.6 Å². The lowest BCUT2D eigenvalue weighted by Gasteiger charge is -2.15. The number of nitrogens with two attached hydrogens (primary N) is 1. The lowest BCUT2D eigenvalue weighted by atomic mass is 10.0. The second kappa shape index (κ2) is 4.89. The van der Waals surface area contributed by atoms with Gasteiger partial charge >= 0.3 is 5.97 Å². The van der Waals surface area contributed by atoms with E-state index in [1.54, 1.807) is 0 Å². The summed E-state index contributed by atoms with van der Waals surface area (Å²) in [4.78, 5) is 10.4. The number of carboxylic acids is 1. The number of hydrogen-bond acceptors (Lipinski definition) is 3. The predicted octanol–water partition coefficient (Wildman–Crippen LogP) is 1.45. The summed E-state index contributed by atoms with van der Waals surface area (Å²) in [5.41, 5.74) is 5.22. The van der Waals surface area contributed by atoms with Crippen LogP contribution in [0.3, 0.4) is 0 Å². The molecule has 88 valence electrons. The molecule has 0 amide bonds. The van der Waals surface area contributed by atoms with E-state index in [1.165, 1.54) is 0 Å². The van der Waals surface area contributed by atoms with Crippen molar-refractivity contribution in [1.82, 2.24) is 0 Å². The quantitative estimate of drug-likeness (QED) is 0.822. The molecule has 1 atom stereocenters. The molecule has 0 bridgehead atoms. The first kappa shape index (κ1) is 12.4. The van der Waals surface area contributed by atoms with Crippen LogP contribution in [0.15, 0.2) is 12.1 Å². The van der Waals surface area contributed by atoms with Gasteiger partial charge in [-0.2, -0.15) is 0 Å². The van der Waals surface area contributed by atoms with Crippen molar-refractivity contribution in [2.45, 2.75) is 12.5 Å². The van der Waals surface area contributed by atoms with Gasteiger partial charge in [-0.25, -0.2) is 8.78 Å². The van der Waals surface area contributed by atoms with Crippen LogP contribution in [0.25, 0.3) is 0 Å². The van der Waals surface area contributed by atoms with Gasteiger partial charge in [0.15, 0.2) is 11.6 Å². The lowest BCUT2D eigenvalue weighted by Crippen LogP contribution is -2.18. The Morgan fingerprint density at radius 1 is 1.50 bits per heavy atom. The predicted molar refractivity (Wildman–Crippen MR) is 52.1 cm³/mol. The highest BCUT2D eigenvalue weighted by molar-refractivity contribution is 5.68. The highest BCUT2D eigenvalue weighted by Gasteiger charge is 2.22. The Labute approximate surface area is 90.6 Å². The monoisotopic (exact) mass is 231 g/mol.